The number of aryl methyl sites for hydroxylation is 1. The number of fused-ring (bicyclic) bond motifs is 2. The molecule has 1 atom stereocenters. The van der Waals surface area contributed by atoms with Crippen LogP contribution in [0.5, 0.6) is 0 Å². The Morgan fingerprint density at radius 3 is 2.79 bits per heavy atom. The van der Waals surface area contributed by atoms with Gasteiger partial charge in [0.05, 0.1) is 17.3 Å². The maximum Gasteiger partial charge on any atom is 0.181 e. The molecule has 1 N–H and O–H groups in total. The van der Waals surface area contributed by atoms with Crippen molar-refractivity contribution in [1.82, 2.24) is 19.7 Å². The first-order valence-electron chi connectivity index (χ1n) is 9.64. The predicted molar refractivity (Wildman–Crippen MR) is 108 cm³/mol. The second kappa shape index (κ2) is 6.96. The van der Waals surface area contributed by atoms with Crippen LogP contribution in [0.25, 0.3) is 33.2 Å². The number of hydrogen-bond acceptors (Lipinski definition) is 5. The Morgan fingerprint density at radius 2 is 1.93 bits per heavy atom. The average molecular weight is 374 g/mol. The summed E-state index contributed by atoms with van der Waals surface area (Å²) in [6.07, 6.45) is 5.07. The maximum atomic E-state index is 10.8. The summed E-state index contributed by atoms with van der Waals surface area (Å²) in [5, 5.41) is 17.2. The van der Waals surface area contributed by atoms with Crippen LogP contribution in [0.15, 0.2) is 48.8 Å². The van der Waals surface area contributed by atoms with Crippen LogP contribution in [0.1, 0.15) is 24.5 Å². The van der Waals surface area contributed by atoms with Crippen molar-refractivity contribution in [2.75, 3.05) is 13.2 Å². The zero-order valence-electron chi connectivity index (χ0n) is 15.7. The summed E-state index contributed by atoms with van der Waals surface area (Å²) in [5.74, 6) is 0.242. The molecule has 1 aliphatic heterocycles. The van der Waals surface area contributed by atoms with Gasteiger partial charge in [-0.2, -0.15) is 5.10 Å². The number of ether oxygens (including phenoxy) is 1. The number of benzene rings is 1. The number of rotatable bonds is 3. The van der Waals surface area contributed by atoms with E-state index in [1.165, 1.54) is 0 Å². The summed E-state index contributed by atoms with van der Waals surface area (Å²) >= 11 is 0. The maximum absolute atomic E-state index is 10.8. The van der Waals surface area contributed by atoms with Crippen LogP contribution in [0.4, 0.5) is 0 Å². The topological polar surface area (TPSA) is 73.1 Å². The first-order chi connectivity index (χ1) is 13.7. The Kier molecular flexibility index (Phi) is 4.30. The fraction of sp³-hybridized carbons (Fsp3) is 0.318. The Morgan fingerprint density at radius 1 is 1.11 bits per heavy atom. The van der Waals surface area contributed by atoms with Crippen LogP contribution in [0.3, 0.4) is 0 Å². The molecule has 0 amide bonds. The first kappa shape index (κ1) is 17.3. The Hall–Kier alpha value is -2.83. The van der Waals surface area contributed by atoms with E-state index in [2.05, 4.69) is 22.2 Å². The molecule has 6 heteroatoms. The molecule has 5 rings (SSSR count). The van der Waals surface area contributed by atoms with Gasteiger partial charge in [-0.15, -0.1) is 0 Å². The summed E-state index contributed by atoms with van der Waals surface area (Å²) in [5.41, 5.74) is 4.35. The Bertz CT molecular complexity index is 1150. The first-order valence-corrected chi connectivity index (χ1v) is 9.64. The number of hydrogen-bond donors (Lipinski definition) is 1. The van der Waals surface area contributed by atoms with Crippen LogP contribution in [-0.2, 0) is 11.8 Å². The van der Waals surface area contributed by atoms with Crippen LogP contribution in [0, 0.1) is 5.92 Å². The van der Waals surface area contributed by atoms with Crippen LogP contribution in [-0.4, -0.2) is 38.1 Å². The van der Waals surface area contributed by atoms with E-state index >= 15 is 0 Å². The van der Waals surface area contributed by atoms with E-state index in [1.807, 2.05) is 43.7 Å². The highest BCUT2D eigenvalue weighted by molar-refractivity contribution is 5.84. The molecule has 3 aromatic heterocycles. The molecule has 0 spiro atoms. The highest BCUT2D eigenvalue weighted by atomic mass is 16.5. The van der Waals surface area contributed by atoms with E-state index < -0.39 is 6.10 Å². The normalized spacial score (nSPS) is 16.6. The molecule has 6 nitrogen and oxygen atoms in total. The summed E-state index contributed by atoms with van der Waals surface area (Å²) in [4.78, 5) is 9.29. The molecule has 1 aromatic carbocycles. The lowest BCUT2D eigenvalue weighted by molar-refractivity contribution is 0.00723. The van der Waals surface area contributed by atoms with Gasteiger partial charge in [-0.05, 0) is 42.5 Å². The largest absolute Gasteiger partial charge is 0.388 e. The van der Waals surface area contributed by atoms with Crippen LogP contribution in [0.2, 0.25) is 0 Å². The van der Waals surface area contributed by atoms with Crippen molar-refractivity contribution >= 4 is 21.9 Å². The SMILES string of the molecule is Cn1cc2cc(-c3ccc4ccc(C(O)C5CCOCC5)cc4n3)cnc2n1. The standard InChI is InChI=1S/C22H22N4O2/c1-26-13-18-10-17(12-23-22(18)25-26)19-5-4-14-2-3-16(11-20(14)24-19)21(27)15-6-8-28-9-7-15/h2-5,10-13,15,21,27H,6-9H2,1H3. The minimum atomic E-state index is -0.479. The van der Waals surface area contributed by atoms with E-state index in [1.54, 1.807) is 4.68 Å². The van der Waals surface area contributed by atoms with Crippen molar-refractivity contribution < 1.29 is 9.84 Å². The lowest BCUT2D eigenvalue weighted by atomic mass is 9.89. The summed E-state index contributed by atoms with van der Waals surface area (Å²) in [7, 11) is 1.89. The second-order valence-electron chi connectivity index (χ2n) is 7.48. The van der Waals surface area contributed by atoms with Crippen LogP contribution >= 0.6 is 0 Å². The zero-order valence-corrected chi connectivity index (χ0v) is 15.7. The molecule has 4 aromatic rings. The van der Waals surface area contributed by atoms with Crippen molar-refractivity contribution in [3.63, 3.8) is 0 Å². The molecule has 1 saturated heterocycles. The average Bonchev–Trinajstić information content (AvgIpc) is 3.12. The third-order valence-electron chi connectivity index (χ3n) is 5.54. The number of aliphatic hydroxyl groups is 1. The van der Waals surface area contributed by atoms with Gasteiger partial charge in [0.25, 0.3) is 0 Å². The van der Waals surface area contributed by atoms with E-state index in [0.29, 0.717) is 0 Å². The van der Waals surface area contributed by atoms with Crippen LogP contribution < -0.4 is 0 Å². The Balaban J connectivity index is 1.51. The van der Waals surface area contributed by atoms with Gasteiger partial charge in [0.1, 0.15) is 0 Å². The molecule has 1 unspecified atom stereocenters. The van der Waals surface area contributed by atoms with E-state index in [4.69, 9.17) is 9.72 Å². The number of pyridine rings is 2. The van der Waals surface area contributed by atoms with Gasteiger partial charge in [-0.3, -0.25) is 4.68 Å². The fourth-order valence-electron chi connectivity index (χ4n) is 3.96. The zero-order chi connectivity index (χ0) is 19.1. The second-order valence-corrected chi connectivity index (χ2v) is 7.48. The molecule has 142 valence electrons. The third kappa shape index (κ3) is 3.15. The summed E-state index contributed by atoms with van der Waals surface area (Å²) < 4.78 is 7.18. The highest BCUT2D eigenvalue weighted by Gasteiger charge is 2.23. The lowest BCUT2D eigenvalue weighted by Gasteiger charge is -2.27. The van der Waals surface area contributed by atoms with Gasteiger partial charge in [0.15, 0.2) is 5.65 Å². The quantitative estimate of drug-likeness (QED) is 0.593. The molecular formula is C22H22N4O2. The summed E-state index contributed by atoms with van der Waals surface area (Å²) in [6, 6.07) is 12.2. The molecule has 0 aliphatic carbocycles. The monoisotopic (exact) mass is 374 g/mol. The molecule has 1 aliphatic rings. The number of aromatic nitrogens is 4. The van der Waals surface area contributed by atoms with Gasteiger partial charge in [-0.25, -0.2) is 9.97 Å². The Labute approximate surface area is 162 Å². The van der Waals surface area contributed by atoms with E-state index in [0.717, 1.165) is 64.8 Å². The van der Waals surface area contributed by atoms with E-state index in [9.17, 15) is 5.11 Å². The van der Waals surface area contributed by atoms with Gasteiger partial charge >= 0.3 is 0 Å². The van der Waals surface area contributed by atoms with Gasteiger partial charge < -0.3 is 9.84 Å². The van der Waals surface area contributed by atoms with E-state index in [-0.39, 0.29) is 5.92 Å². The van der Waals surface area contributed by atoms with Gasteiger partial charge in [0.2, 0.25) is 0 Å². The molecule has 0 radical (unpaired) electrons. The molecule has 28 heavy (non-hydrogen) atoms. The highest BCUT2D eigenvalue weighted by Crippen LogP contribution is 2.32. The fourth-order valence-corrected chi connectivity index (χ4v) is 3.96. The van der Waals surface area contributed by atoms with Crippen molar-refractivity contribution in [2.24, 2.45) is 13.0 Å². The predicted octanol–water partition coefficient (Wildman–Crippen LogP) is 3.64. The smallest absolute Gasteiger partial charge is 0.181 e. The number of aliphatic hydroxyl groups excluding tert-OH is 1. The molecule has 1 fully saturated rings. The molecule has 0 saturated carbocycles. The lowest BCUT2D eigenvalue weighted by Crippen LogP contribution is -2.21. The molecular weight excluding hydrogens is 352 g/mol. The minimum absolute atomic E-state index is 0.242. The minimum Gasteiger partial charge on any atom is -0.388 e. The van der Waals surface area contributed by atoms with Crippen molar-refractivity contribution in [2.45, 2.75) is 18.9 Å². The number of nitrogens with zero attached hydrogens (tertiary/aromatic N) is 4. The van der Waals surface area contributed by atoms with Gasteiger partial charge in [0, 0.05) is 49.0 Å². The molecule has 0 bridgehead atoms. The van der Waals surface area contributed by atoms with Crippen molar-refractivity contribution in [3.8, 4) is 11.3 Å². The molecule has 4 heterocycles. The van der Waals surface area contributed by atoms with Crippen molar-refractivity contribution in [1.29, 1.82) is 0 Å². The van der Waals surface area contributed by atoms with Crippen molar-refractivity contribution in [3.05, 3.63) is 54.4 Å². The third-order valence-corrected chi connectivity index (χ3v) is 5.54. The summed E-state index contributed by atoms with van der Waals surface area (Å²) in [6.45, 7) is 1.45. The van der Waals surface area contributed by atoms with Gasteiger partial charge in [-0.1, -0.05) is 18.2 Å².